The molecule has 1 aromatic heterocycles. The van der Waals surface area contributed by atoms with E-state index in [1.165, 1.54) is 17.2 Å². The molecule has 3 nitrogen and oxygen atoms in total. The van der Waals surface area contributed by atoms with E-state index in [4.69, 9.17) is 23.2 Å². The lowest BCUT2D eigenvalue weighted by atomic mass is 10.2. The maximum atomic E-state index is 12.4. The molecule has 1 aromatic carbocycles. The second kappa shape index (κ2) is 6.48. The smallest absolute Gasteiger partial charge is 0.278 e. The number of hydrogen-bond donors (Lipinski definition) is 0. The average molecular weight is 327 g/mol. The number of aromatic nitrogens is 1. The second-order valence-corrected chi connectivity index (χ2v) is 5.77. The molecule has 6 heteroatoms. The third-order valence-electron chi connectivity index (χ3n) is 2.77. The number of benzene rings is 1. The number of carbonyl (C=O) groups excluding carboxylic acids is 1. The number of anilines is 1. The van der Waals surface area contributed by atoms with Gasteiger partial charge in [0.25, 0.3) is 5.91 Å². The standard InChI is InChI=1S/C14H12Cl2N2OS/c1-18(10-3-5-11(20-2)6-4-10)14(19)13-12(16)7-9(15)8-17-13/h3-8H,1-2H3. The fourth-order valence-corrected chi connectivity index (χ4v) is 2.52. The predicted molar refractivity (Wildman–Crippen MR) is 85.2 cm³/mol. The molecule has 0 aliphatic rings. The summed E-state index contributed by atoms with van der Waals surface area (Å²) < 4.78 is 0. The van der Waals surface area contributed by atoms with Gasteiger partial charge >= 0.3 is 0 Å². The molecule has 1 heterocycles. The van der Waals surface area contributed by atoms with E-state index >= 15 is 0 Å². The van der Waals surface area contributed by atoms with Crippen molar-refractivity contribution in [3.05, 3.63) is 52.3 Å². The van der Waals surface area contributed by atoms with Crippen LogP contribution in [0, 0.1) is 0 Å². The van der Waals surface area contributed by atoms with E-state index in [1.54, 1.807) is 18.8 Å². The summed E-state index contributed by atoms with van der Waals surface area (Å²) in [4.78, 5) is 19.0. The lowest BCUT2D eigenvalue weighted by Crippen LogP contribution is -2.27. The summed E-state index contributed by atoms with van der Waals surface area (Å²) in [6, 6.07) is 9.19. The molecule has 0 N–H and O–H groups in total. The van der Waals surface area contributed by atoms with Crippen LogP contribution in [0.1, 0.15) is 10.5 Å². The van der Waals surface area contributed by atoms with Crippen LogP contribution in [0.2, 0.25) is 10.0 Å². The summed E-state index contributed by atoms with van der Waals surface area (Å²) in [7, 11) is 1.68. The molecule has 0 radical (unpaired) electrons. The number of thioether (sulfide) groups is 1. The normalized spacial score (nSPS) is 10.4. The highest BCUT2D eigenvalue weighted by Gasteiger charge is 2.18. The Hall–Kier alpha value is -1.23. The third kappa shape index (κ3) is 3.26. The number of carbonyl (C=O) groups is 1. The monoisotopic (exact) mass is 326 g/mol. The van der Waals surface area contributed by atoms with Crippen molar-refractivity contribution in [2.24, 2.45) is 0 Å². The molecule has 1 amide bonds. The molecular formula is C14H12Cl2N2OS. The summed E-state index contributed by atoms with van der Waals surface area (Å²) in [6.45, 7) is 0. The van der Waals surface area contributed by atoms with E-state index in [-0.39, 0.29) is 16.6 Å². The molecule has 0 spiro atoms. The van der Waals surface area contributed by atoms with Gasteiger partial charge in [-0.1, -0.05) is 23.2 Å². The van der Waals surface area contributed by atoms with Crippen molar-refractivity contribution in [2.75, 3.05) is 18.2 Å². The van der Waals surface area contributed by atoms with Gasteiger partial charge in [-0.2, -0.15) is 0 Å². The van der Waals surface area contributed by atoms with Crippen LogP contribution in [0.4, 0.5) is 5.69 Å². The number of nitrogens with zero attached hydrogens (tertiary/aromatic N) is 2. The quantitative estimate of drug-likeness (QED) is 0.784. The first-order valence-electron chi connectivity index (χ1n) is 5.76. The largest absolute Gasteiger partial charge is 0.310 e. The summed E-state index contributed by atoms with van der Waals surface area (Å²) in [5.74, 6) is -0.274. The van der Waals surface area contributed by atoms with E-state index in [0.29, 0.717) is 5.02 Å². The van der Waals surface area contributed by atoms with E-state index in [9.17, 15) is 4.79 Å². The molecule has 2 rings (SSSR count). The zero-order valence-electron chi connectivity index (χ0n) is 10.9. The Morgan fingerprint density at radius 1 is 1.25 bits per heavy atom. The SMILES string of the molecule is CSc1ccc(N(C)C(=O)c2ncc(Cl)cc2Cl)cc1. The molecule has 2 aromatic rings. The predicted octanol–water partition coefficient (Wildman–Crippen LogP) is 4.39. The van der Waals surface area contributed by atoms with E-state index in [2.05, 4.69) is 4.98 Å². The van der Waals surface area contributed by atoms with Gasteiger partial charge in [-0.3, -0.25) is 4.79 Å². The van der Waals surface area contributed by atoms with Crippen LogP contribution in [0.15, 0.2) is 41.4 Å². The van der Waals surface area contributed by atoms with Crippen molar-refractivity contribution < 1.29 is 4.79 Å². The van der Waals surface area contributed by atoms with Crippen LogP contribution >= 0.6 is 35.0 Å². The highest BCUT2D eigenvalue weighted by molar-refractivity contribution is 7.98. The molecular weight excluding hydrogens is 315 g/mol. The van der Waals surface area contributed by atoms with Crippen LogP contribution in [0.25, 0.3) is 0 Å². The van der Waals surface area contributed by atoms with Gasteiger partial charge in [-0.15, -0.1) is 11.8 Å². The van der Waals surface area contributed by atoms with Crippen LogP contribution in [-0.4, -0.2) is 24.2 Å². The summed E-state index contributed by atoms with van der Waals surface area (Å²) in [6.07, 6.45) is 3.41. The molecule has 0 aliphatic heterocycles. The highest BCUT2D eigenvalue weighted by Crippen LogP contribution is 2.23. The number of halogens is 2. The maximum Gasteiger partial charge on any atom is 0.278 e. The van der Waals surface area contributed by atoms with Crippen molar-refractivity contribution in [2.45, 2.75) is 4.90 Å². The fourth-order valence-electron chi connectivity index (χ4n) is 1.65. The highest BCUT2D eigenvalue weighted by atomic mass is 35.5. The van der Waals surface area contributed by atoms with Crippen LogP contribution in [0.3, 0.4) is 0 Å². The van der Waals surface area contributed by atoms with E-state index in [1.807, 2.05) is 30.5 Å². The number of pyridine rings is 1. The van der Waals surface area contributed by atoms with Gasteiger partial charge in [0.05, 0.1) is 10.0 Å². The first kappa shape index (κ1) is 15.2. The van der Waals surface area contributed by atoms with Crippen molar-refractivity contribution in [3.8, 4) is 0 Å². The van der Waals surface area contributed by atoms with Gasteiger partial charge in [-0.05, 0) is 36.6 Å². The summed E-state index contributed by atoms with van der Waals surface area (Å²) >= 11 is 13.4. The van der Waals surface area contributed by atoms with Gasteiger partial charge in [-0.25, -0.2) is 4.98 Å². The van der Waals surface area contributed by atoms with Gasteiger partial charge in [0.15, 0.2) is 0 Å². The Morgan fingerprint density at radius 3 is 2.45 bits per heavy atom. The second-order valence-electron chi connectivity index (χ2n) is 4.05. The Kier molecular flexibility index (Phi) is 4.91. The van der Waals surface area contributed by atoms with Crippen molar-refractivity contribution in [1.82, 2.24) is 4.98 Å². The van der Waals surface area contributed by atoms with Crippen molar-refractivity contribution >= 4 is 46.6 Å². The molecule has 104 valence electrons. The zero-order valence-corrected chi connectivity index (χ0v) is 13.3. The molecule has 0 fully saturated rings. The first-order valence-corrected chi connectivity index (χ1v) is 7.74. The zero-order chi connectivity index (χ0) is 14.7. The lowest BCUT2D eigenvalue weighted by molar-refractivity contribution is 0.0988. The lowest BCUT2D eigenvalue weighted by Gasteiger charge is -2.17. The Bertz CT molecular complexity index is 632. The van der Waals surface area contributed by atoms with Crippen LogP contribution in [0.5, 0.6) is 0 Å². The molecule has 0 unspecified atom stereocenters. The Balaban J connectivity index is 2.27. The molecule has 0 atom stereocenters. The van der Waals surface area contributed by atoms with Crippen LogP contribution in [-0.2, 0) is 0 Å². The minimum atomic E-state index is -0.274. The number of hydrogen-bond acceptors (Lipinski definition) is 3. The third-order valence-corrected chi connectivity index (χ3v) is 4.01. The molecule has 0 saturated heterocycles. The molecule has 0 bridgehead atoms. The number of rotatable bonds is 3. The maximum absolute atomic E-state index is 12.4. The Labute approximate surface area is 131 Å². The van der Waals surface area contributed by atoms with Gasteiger partial charge < -0.3 is 4.90 Å². The average Bonchev–Trinajstić information content (AvgIpc) is 2.46. The fraction of sp³-hybridized carbons (Fsp3) is 0.143. The summed E-state index contributed by atoms with van der Waals surface area (Å²) in [5.41, 5.74) is 0.966. The van der Waals surface area contributed by atoms with Gasteiger partial charge in [0.2, 0.25) is 0 Å². The molecule has 0 aliphatic carbocycles. The number of amides is 1. The van der Waals surface area contributed by atoms with Gasteiger partial charge in [0, 0.05) is 23.8 Å². The van der Waals surface area contributed by atoms with E-state index in [0.717, 1.165) is 10.6 Å². The minimum Gasteiger partial charge on any atom is -0.310 e. The minimum absolute atomic E-state index is 0.188. The van der Waals surface area contributed by atoms with Crippen molar-refractivity contribution in [1.29, 1.82) is 0 Å². The van der Waals surface area contributed by atoms with Crippen molar-refractivity contribution in [3.63, 3.8) is 0 Å². The Morgan fingerprint density at radius 2 is 1.90 bits per heavy atom. The van der Waals surface area contributed by atoms with Crippen LogP contribution < -0.4 is 4.90 Å². The van der Waals surface area contributed by atoms with Gasteiger partial charge in [0.1, 0.15) is 5.69 Å². The van der Waals surface area contributed by atoms with E-state index < -0.39 is 0 Å². The molecule has 0 saturated carbocycles. The molecule has 20 heavy (non-hydrogen) atoms. The topological polar surface area (TPSA) is 33.2 Å². The summed E-state index contributed by atoms with van der Waals surface area (Å²) in [5, 5.41) is 0.647. The first-order chi connectivity index (χ1) is 9.52.